The van der Waals surface area contributed by atoms with Gasteiger partial charge in [0.05, 0.1) is 0 Å². The van der Waals surface area contributed by atoms with Crippen LogP contribution >= 0.6 is 0 Å². The number of piperidine rings is 1. The van der Waals surface area contributed by atoms with Crippen molar-refractivity contribution in [3.05, 3.63) is 35.4 Å². The van der Waals surface area contributed by atoms with Crippen LogP contribution in [0.3, 0.4) is 0 Å². The van der Waals surface area contributed by atoms with E-state index >= 15 is 0 Å². The summed E-state index contributed by atoms with van der Waals surface area (Å²) in [6.07, 6.45) is 4.11. The Hall–Kier alpha value is -0.820. The first-order valence-corrected chi connectivity index (χ1v) is 5.59. The molecule has 14 heavy (non-hydrogen) atoms. The molecule has 1 nitrogen and oxygen atoms in total. The third kappa shape index (κ3) is 1.12. The summed E-state index contributed by atoms with van der Waals surface area (Å²) in [5.41, 5.74) is 3.44. The second-order valence-corrected chi connectivity index (χ2v) is 4.97. The molecule has 1 aromatic rings. The van der Waals surface area contributed by atoms with Gasteiger partial charge in [0.25, 0.3) is 0 Å². The van der Waals surface area contributed by atoms with E-state index in [4.69, 9.17) is 0 Å². The number of rotatable bonds is 1. The maximum Gasteiger partial charge on any atom is 0.00933 e. The van der Waals surface area contributed by atoms with Crippen molar-refractivity contribution in [2.75, 3.05) is 6.54 Å². The van der Waals surface area contributed by atoms with Gasteiger partial charge < -0.3 is 5.32 Å². The molecular weight excluding hydrogens is 170 g/mol. The first kappa shape index (κ1) is 8.49. The molecule has 2 unspecified atom stereocenters. The quantitative estimate of drug-likeness (QED) is 0.712. The summed E-state index contributed by atoms with van der Waals surface area (Å²) in [7, 11) is 0. The number of hydrogen-bond acceptors (Lipinski definition) is 1. The van der Waals surface area contributed by atoms with Crippen LogP contribution in [0, 0.1) is 6.92 Å². The van der Waals surface area contributed by atoms with Crippen molar-refractivity contribution in [2.24, 2.45) is 0 Å². The molecule has 0 spiro atoms. The molecule has 1 heteroatoms. The van der Waals surface area contributed by atoms with Crippen LogP contribution in [0.25, 0.3) is 0 Å². The minimum atomic E-state index is 0.483. The van der Waals surface area contributed by atoms with Gasteiger partial charge >= 0.3 is 0 Å². The van der Waals surface area contributed by atoms with Crippen molar-refractivity contribution in [1.29, 1.82) is 0 Å². The van der Waals surface area contributed by atoms with Crippen molar-refractivity contribution in [3.63, 3.8) is 0 Å². The zero-order chi connectivity index (χ0) is 9.60. The fourth-order valence-corrected chi connectivity index (χ4v) is 3.14. The predicted octanol–water partition coefficient (Wildman–Crippen LogP) is 2.39. The van der Waals surface area contributed by atoms with E-state index in [1.54, 1.807) is 5.56 Å². The Kier molecular flexibility index (Phi) is 1.72. The summed E-state index contributed by atoms with van der Waals surface area (Å²) in [4.78, 5) is 0. The molecule has 2 fully saturated rings. The molecule has 0 aromatic heterocycles. The SMILES string of the molecule is Cc1cccc(C23CCC(C2)NC3)c1. The topological polar surface area (TPSA) is 12.0 Å². The molecule has 2 atom stereocenters. The predicted molar refractivity (Wildman–Crippen MR) is 58.5 cm³/mol. The Morgan fingerprint density at radius 1 is 1.43 bits per heavy atom. The van der Waals surface area contributed by atoms with Crippen LogP contribution in [0.2, 0.25) is 0 Å². The lowest BCUT2D eigenvalue weighted by Crippen LogP contribution is -2.32. The van der Waals surface area contributed by atoms with Gasteiger partial charge in [0.1, 0.15) is 0 Å². The maximum absolute atomic E-state index is 3.61. The van der Waals surface area contributed by atoms with Gasteiger partial charge in [-0.2, -0.15) is 0 Å². The van der Waals surface area contributed by atoms with Gasteiger partial charge in [-0.25, -0.2) is 0 Å². The molecule has 1 aliphatic heterocycles. The van der Waals surface area contributed by atoms with E-state index < -0.39 is 0 Å². The summed E-state index contributed by atoms with van der Waals surface area (Å²) in [5, 5.41) is 3.61. The third-order valence-electron chi connectivity index (χ3n) is 3.97. The van der Waals surface area contributed by atoms with Gasteiger partial charge in [-0.15, -0.1) is 0 Å². The molecule has 74 valence electrons. The molecule has 1 N–H and O–H groups in total. The first-order valence-electron chi connectivity index (χ1n) is 5.59. The number of benzene rings is 1. The van der Waals surface area contributed by atoms with Gasteiger partial charge in [-0.05, 0) is 31.7 Å². The second-order valence-electron chi connectivity index (χ2n) is 4.97. The highest BCUT2D eigenvalue weighted by Gasteiger charge is 2.45. The lowest BCUT2D eigenvalue weighted by atomic mass is 9.79. The molecule has 1 heterocycles. The molecule has 1 saturated heterocycles. The maximum atomic E-state index is 3.61. The Morgan fingerprint density at radius 2 is 2.36 bits per heavy atom. The highest BCUT2D eigenvalue weighted by atomic mass is 15.0. The van der Waals surface area contributed by atoms with E-state index in [0.717, 1.165) is 6.04 Å². The molecule has 2 aliphatic rings. The normalized spacial score (nSPS) is 35.1. The van der Waals surface area contributed by atoms with Crippen molar-refractivity contribution in [2.45, 2.75) is 37.6 Å². The zero-order valence-electron chi connectivity index (χ0n) is 8.72. The van der Waals surface area contributed by atoms with E-state index in [0.29, 0.717) is 5.41 Å². The van der Waals surface area contributed by atoms with E-state index in [1.165, 1.54) is 31.4 Å². The molecule has 0 radical (unpaired) electrons. The number of fused-ring (bicyclic) bond motifs is 2. The monoisotopic (exact) mass is 187 g/mol. The Labute approximate surface area is 85.5 Å². The number of hydrogen-bond donors (Lipinski definition) is 1. The average molecular weight is 187 g/mol. The summed E-state index contributed by atoms with van der Waals surface area (Å²) in [6.45, 7) is 3.38. The average Bonchev–Trinajstić information content (AvgIpc) is 2.78. The van der Waals surface area contributed by atoms with Crippen LogP contribution < -0.4 is 5.32 Å². The van der Waals surface area contributed by atoms with E-state index in [9.17, 15) is 0 Å². The third-order valence-corrected chi connectivity index (χ3v) is 3.97. The Morgan fingerprint density at radius 3 is 2.93 bits per heavy atom. The lowest BCUT2D eigenvalue weighted by molar-refractivity contribution is 0.439. The molecule has 1 aromatic carbocycles. The zero-order valence-corrected chi connectivity index (χ0v) is 8.72. The van der Waals surface area contributed by atoms with E-state index in [2.05, 4.69) is 36.5 Å². The highest BCUT2D eigenvalue weighted by molar-refractivity contribution is 5.33. The smallest absolute Gasteiger partial charge is 0.00933 e. The summed E-state index contributed by atoms with van der Waals surface area (Å²) in [5.74, 6) is 0. The summed E-state index contributed by atoms with van der Waals surface area (Å²) >= 11 is 0. The Bertz CT molecular complexity index is 348. The minimum Gasteiger partial charge on any atom is -0.313 e. The fraction of sp³-hybridized carbons (Fsp3) is 0.538. The van der Waals surface area contributed by atoms with Gasteiger partial charge in [0, 0.05) is 18.0 Å². The second kappa shape index (κ2) is 2.83. The molecule has 2 bridgehead atoms. The van der Waals surface area contributed by atoms with Crippen LogP contribution in [0.5, 0.6) is 0 Å². The van der Waals surface area contributed by atoms with Crippen LogP contribution in [-0.4, -0.2) is 12.6 Å². The molecule has 3 rings (SSSR count). The molecule has 1 aliphatic carbocycles. The Balaban J connectivity index is 2.02. The van der Waals surface area contributed by atoms with Gasteiger partial charge in [-0.1, -0.05) is 29.8 Å². The lowest BCUT2D eigenvalue weighted by Gasteiger charge is -2.27. The standard InChI is InChI=1S/C13H17N/c1-10-3-2-4-11(7-10)13-6-5-12(8-13)14-9-13/h2-4,7,12,14H,5-6,8-9H2,1H3. The summed E-state index contributed by atoms with van der Waals surface area (Å²) < 4.78 is 0. The number of nitrogens with one attached hydrogen (secondary N) is 1. The van der Waals surface area contributed by atoms with Crippen LogP contribution in [0.1, 0.15) is 30.4 Å². The van der Waals surface area contributed by atoms with Crippen molar-refractivity contribution in [3.8, 4) is 0 Å². The van der Waals surface area contributed by atoms with E-state index in [1.807, 2.05) is 0 Å². The van der Waals surface area contributed by atoms with Crippen molar-refractivity contribution in [1.82, 2.24) is 5.32 Å². The number of aryl methyl sites for hydroxylation is 1. The largest absolute Gasteiger partial charge is 0.313 e. The first-order chi connectivity index (χ1) is 6.78. The highest BCUT2D eigenvalue weighted by Crippen LogP contribution is 2.45. The van der Waals surface area contributed by atoms with Crippen molar-refractivity contribution < 1.29 is 0 Å². The van der Waals surface area contributed by atoms with Gasteiger partial charge in [0.2, 0.25) is 0 Å². The van der Waals surface area contributed by atoms with Crippen LogP contribution in [0.15, 0.2) is 24.3 Å². The fourth-order valence-electron chi connectivity index (χ4n) is 3.14. The van der Waals surface area contributed by atoms with Crippen LogP contribution in [0.4, 0.5) is 0 Å². The molecule has 1 saturated carbocycles. The van der Waals surface area contributed by atoms with Gasteiger partial charge in [-0.3, -0.25) is 0 Å². The van der Waals surface area contributed by atoms with E-state index in [-0.39, 0.29) is 0 Å². The molecular formula is C13H17N. The van der Waals surface area contributed by atoms with Crippen molar-refractivity contribution >= 4 is 0 Å². The summed E-state index contributed by atoms with van der Waals surface area (Å²) in [6, 6.07) is 9.87. The van der Waals surface area contributed by atoms with Gasteiger partial charge in [0.15, 0.2) is 0 Å². The van der Waals surface area contributed by atoms with Crippen LogP contribution in [-0.2, 0) is 5.41 Å². The minimum absolute atomic E-state index is 0.483. The molecule has 0 amide bonds.